The number of amides is 1. The second-order valence-corrected chi connectivity index (χ2v) is 7.35. The van der Waals surface area contributed by atoms with Crippen LogP contribution in [0.5, 0.6) is 0 Å². The van der Waals surface area contributed by atoms with E-state index in [1.54, 1.807) is 43.3 Å². The topological polar surface area (TPSA) is 76.9 Å². The van der Waals surface area contributed by atoms with Crippen LogP contribution < -0.4 is 10.9 Å². The van der Waals surface area contributed by atoms with E-state index < -0.39 is 5.56 Å². The lowest BCUT2D eigenvalue weighted by Crippen LogP contribution is -2.30. The van der Waals surface area contributed by atoms with Crippen LogP contribution in [0.15, 0.2) is 59.4 Å². The maximum atomic E-state index is 13.3. The molecule has 1 N–H and O–H groups in total. The van der Waals surface area contributed by atoms with Crippen molar-refractivity contribution in [2.75, 3.05) is 5.32 Å². The Kier molecular flexibility index (Phi) is 4.70. The summed E-state index contributed by atoms with van der Waals surface area (Å²) in [5.74, 6) is -0.742. The fraction of sp³-hybridized carbons (Fsp3) is 0.100. The van der Waals surface area contributed by atoms with Crippen molar-refractivity contribution in [1.29, 1.82) is 0 Å². The molecular formula is C20H15FN4O2S. The number of aryl methyl sites for hydroxylation is 1. The number of aromatic nitrogens is 3. The smallest absolute Gasteiger partial charge is 0.294 e. The van der Waals surface area contributed by atoms with Gasteiger partial charge < -0.3 is 5.32 Å². The zero-order valence-corrected chi connectivity index (χ0v) is 15.7. The molecule has 8 heteroatoms. The van der Waals surface area contributed by atoms with E-state index in [4.69, 9.17) is 0 Å². The molecule has 0 bridgehead atoms. The van der Waals surface area contributed by atoms with Gasteiger partial charge in [0.25, 0.3) is 5.56 Å². The van der Waals surface area contributed by atoms with Gasteiger partial charge in [0.2, 0.25) is 5.91 Å². The molecule has 0 aliphatic carbocycles. The number of carbonyl (C=O) groups excluding carboxylic acids is 1. The van der Waals surface area contributed by atoms with Crippen LogP contribution in [0.25, 0.3) is 21.5 Å². The van der Waals surface area contributed by atoms with E-state index in [0.717, 1.165) is 4.68 Å². The number of nitrogens with one attached hydrogen (secondary N) is 1. The minimum Gasteiger partial charge on any atom is -0.324 e. The van der Waals surface area contributed by atoms with E-state index in [0.29, 0.717) is 26.7 Å². The third-order valence-corrected chi connectivity index (χ3v) is 5.05. The number of fused-ring (bicyclic) bond motifs is 1. The molecule has 1 amide bonds. The Balaban J connectivity index is 1.76. The van der Waals surface area contributed by atoms with E-state index in [2.05, 4.69) is 15.4 Å². The molecule has 4 aromatic rings. The third kappa shape index (κ3) is 3.54. The standard InChI is InChI=1S/C20H15FN4O2S/c1-12-22-18-19(28-12)17(13-7-9-14(21)10-8-13)24-25(20(18)27)11-16(26)23-15-5-3-2-4-6-15/h2-10H,11H2,1H3,(H,23,26). The first-order valence-electron chi connectivity index (χ1n) is 8.50. The lowest BCUT2D eigenvalue weighted by Gasteiger charge is -2.09. The van der Waals surface area contributed by atoms with E-state index in [1.807, 2.05) is 6.07 Å². The molecule has 4 rings (SSSR count). The zero-order valence-electron chi connectivity index (χ0n) is 14.8. The number of carbonyl (C=O) groups is 1. The first-order valence-corrected chi connectivity index (χ1v) is 9.32. The van der Waals surface area contributed by atoms with Crippen LogP contribution in [-0.4, -0.2) is 20.7 Å². The molecule has 0 atom stereocenters. The fourth-order valence-electron chi connectivity index (χ4n) is 2.83. The highest BCUT2D eigenvalue weighted by Gasteiger charge is 2.18. The van der Waals surface area contributed by atoms with Crippen molar-refractivity contribution in [2.45, 2.75) is 13.5 Å². The number of benzene rings is 2. The SMILES string of the molecule is Cc1nc2c(=O)n(CC(=O)Nc3ccccc3)nc(-c3ccc(F)cc3)c2s1. The molecule has 0 fully saturated rings. The number of rotatable bonds is 4. The normalized spacial score (nSPS) is 10.9. The molecule has 0 radical (unpaired) electrons. The van der Waals surface area contributed by atoms with Gasteiger partial charge in [0.1, 0.15) is 18.1 Å². The van der Waals surface area contributed by atoms with Gasteiger partial charge in [0.05, 0.1) is 9.71 Å². The average molecular weight is 394 g/mol. The molecule has 28 heavy (non-hydrogen) atoms. The number of halogens is 1. The summed E-state index contributed by atoms with van der Waals surface area (Å²) >= 11 is 1.34. The van der Waals surface area contributed by atoms with Crippen molar-refractivity contribution in [3.05, 3.63) is 75.8 Å². The monoisotopic (exact) mass is 394 g/mol. The second kappa shape index (κ2) is 7.32. The van der Waals surface area contributed by atoms with Gasteiger partial charge in [-0.1, -0.05) is 18.2 Å². The minimum absolute atomic E-state index is 0.254. The van der Waals surface area contributed by atoms with Crippen LogP contribution in [0.3, 0.4) is 0 Å². The molecule has 2 heterocycles. The Morgan fingerprint density at radius 1 is 1.14 bits per heavy atom. The lowest BCUT2D eigenvalue weighted by molar-refractivity contribution is -0.117. The van der Waals surface area contributed by atoms with Gasteiger partial charge in [0, 0.05) is 11.3 Å². The number of nitrogens with zero attached hydrogens (tertiary/aromatic N) is 3. The number of hydrogen-bond acceptors (Lipinski definition) is 5. The van der Waals surface area contributed by atoms with Gasteiger partial charge in [-0.2, -0.15) is 5.10 Å². The van der Waals surface area contributed by atoms with Gasteiger partial charge in [-0.05, 0) is 43.3 Å². The van der Waals surface area contributed by atoms with Gasteiger partial charge in [-0.15, -0.1) is 11.3 Å². The number of thiazole rings is 1. The Morgan fingerprint density at radius 2 is 1.86 bits per heavy atom. The summed E-state index contributed by atoms with van der Waals surface area (Å²) in [6.07, 6.45) is 0. The summed E-state index contributed by atoms with van der Waals surface area (Å²) < 4.78 is 15.0. The van der Waals surface area contributed by atoms with Crippen molar-refractivity contribution in [1.82, 2.24) is 14.8 Å². The van der Waals surface area contributed by atoms with Crippen LogP contribution >= 0.6 is 11.3 Å². The molecule has 140 valence electrons. The van der Waals surface area contributed by atoms with Gasteiger partial charge in [-0.25, -0.2) is 14.1 Å². The predicted molar refractivity (Wildman–Crippen MR) is 107 cm³/mol. The Bertz CT molecular complexity index is 1220. The van der Waals surface area contributed by atoms with Crippen molar-refractivity contribution in [2.24, 2.45) is 0 Å². The molecule has 0 spiro atoms. The number of para-hydroxylation sites is 1. The van der Waals surface area contributed by atoms with Gasteiger partial charge in [-0.3, -0.25) is 9.59 Å². The summed E-state index contributed by atoms with van der Waals surface area (Å²) in [7, 11) is 0. The number of hydrogen-bond donors (Lipinski definition) is 1. The first kappa shape index (κ1) is 18.0. The summed E-state index contributed by atoms with van der Waals surface area (Å²) in [5.41, 5.74) is 1.59. The van der Waals surface area contributed by atoms with E-state index in [1.165, 1.54) is 23.5 Å². The van der Waals surface area contributed by atoms with Crippen LogP contribution in [0.4, 0.5) is 10.1 Å². The molecule has 0 unspecified atom stereocenters. The Morgan fingerprint density at radius 3 is 2.57 bits per heavy atom. The summed E-state index contributed by atoms with van der Waals surface area (Å²) in [4.78, 5) is 29.5. The Hall–Kier alpha value is -3.39. The molecule has 2 aromatic carbocycles. The largest absolute Gasteiger partial charge is 0.324 e. The first-order chi connectivity index (χ1) is 13.5. The predicted octanol–water partition coefficient (Wildman–Crippen LogP) is 3.61. The van der Waals surface area contributed by atoms with E-state index in [-0.39, 0.29) is 23.8 Å². The zero-order chi connectivity index (χ0) is 19.7. The molecular weight excluding hydrogens is 379 g/mol. The maximum Gasteiger partial charge on any atom is 0.294 e. The van der Waals surface area contributed by atoms with Crippen LogP contribution in [0.2, 0.25) is 0 Å². The summed E-state index contributed by atoms with van der Waals surface area (Å²) in [6, 6.07) is 14.8. The minimum atomic E-state index is -0.437. The Labute approximate surface area is 163 Å². The van der Waals surface area contributed by atoms with Crippen LogP contribution in [-0.2, 0) is 11.3 Å². The maximum absolute atomic E-state index is 13.3. The highest BCUT2D eigenvalue weighted by molar-refractivity contribution is 7.19. The summed E-state index contributed by atoms with van der Waals surface area (Å²) in [5, 5.41) is 7.83. The van der Waals surface area contributed by atoms with Crippen molar-refractivity contribution in [3.63, 3.8) is 0 Å². The average Bonchev–Trinajstić information content (AvgIpc) is 3.07. The van der Waals surface area contributed by atoms with E-state index >= 15 is 0 Å². The highest BCUT2D eigenvalue weighted by atomic mass is 32.1. The van der Waals surface area contributed by atoms with Crippen molar-refractivity contribution in [3.8, 4) is 11.3 Å². The van der Waals surface area contributed by atoms with E-state index in [9.17, 15) is 14.0 Å². The van der Waals surface area contributed by atoms with Gasteiger partial charge in [0.15, 0.2) is 5.52 Å². The molecule has 6 nitrogen and oxygen atoms in total. The molecule has 0 saturated carbocycles. The van der Waals surface area contributed by atoms with Crippen molar-refractivity contribution < 1.29 is 9.18 Å². The van der Waals surface area contributed by atoms with Crippen LogP contribution in [0, 0.1) is 12.7 Å². The quantitative estimate of drug-likeness (QED) is 0.574. The summed E-state index contributed by atoms with van der Waals surface area (Å²) in [6.45, 7) is 1.54. The van der Waals surface area contributed by atoms with Crippen molar-refractivity contribution >= 4 is 33.1 Å². The molecule has 2 aromatic heterocycles. The molecule has 0 aliphatic heterocycles. The highest BCUT2D eigenvalue weighted by Crippen LogP contribution is 2.29. The molecule has 0 aliphatic rings. The van der Waals surface area contributed by atoms with Crippen LogP contribution in [0.1, 0.15) is 5.01 Å². The van der Waals surface area contributed by atoms with Gasteiger partial charge >= 0.3 is 0 Å². The second-order valence-electron chi connectivity index (χ2n) is 6.14. The number of anilines is 1. The fourth-order valence-corrected chi connectivity index (χ4v) is 3.75. The lowest BCUT2D eigenvalue weighted by atomic mass is 10.1. The third-order valence-electron chi connectivity index (χ3n) is 4.08. The molecule has 0 saturated heterocycles.